The van der Waals surface area contributed by atoms with Gasteiger partial charge in [0.15, 0.2) is 0 Å². The van der Waals surface area contributed by atoms with Crippen molar-refractivity contribution >= 4 is 0 Å². The van der Waals surface area contributed by atoms with Gasteiger partial charge in [-0.1, -0.05) is 134 Å². The Bertz CT molecular complexity index is 3090. The maximum atomic E-state index is 9.73. The lowest BCUT2D eigenvalue weighted by Gasteiger charge is -2.34. The number of hydrogen-bond acceptors (Lipinski definition) is 3. The molecule has 4 nitrogen and oxygen atoms in total. The first kappa shape index (κ1) is 34.3. The van der Waals surface area contributed by atoms with Gasteiger partial charge in [0.1, 0.15) is 5.54 Å². The SMILES string of the molecule is CC(C)(C)c1ccc2c(c1)C13c4ccccc4-c4ccc(cc41)-c1nc(-c4ccccc4)nc(-c4cccc(-c5cccc(C#N)c5)c4)[n+]1C(C)(C)c1ccc-2c3c1. The van der Waals surface area contributed by atoms with Crippen LogP contribution in [0.25, 0.3) is 67.5 Å². The van der Waals surface area contributed by atoms with Crippen molar-refractivity contribution in [1.29, 1.82) is 5.26 Å². The standard InChI is InChI=1S/C54H41N4/c1-52(2,3)39-22-25-43-44-26-23-40-31-48(44)54(47(43)30-39)45-20-10-9-19-41(45)42-24-21-38(29-46(42)54)51-57-49(34-14-7-6-8-15-34)56-50(58(51)53(40,4)5)37-18-12-17-36(28-37)35-16-11-13-33(27-35)32-55/h6-31H,1-5H3/q+1. The third-order valence-electron chi connectivity index (χ3n) is 12.9. The Labute approximate surface area is 339 Å². The number of fused-ring (bicyclic) bond motifs is 8. The molecule has 0 radical (unpaired) electrons. The molecule has 1 spiro atoms. The molecule has 7 aromatic carbocycles. The molecular formula is C54H41N4+. The van der Waals surface area contributed by atoms with Crippen LogP contribution in [-0.4, -0.2) is 9.97 Å². The molecular weight excluding hydrogens is 705 g/mol. The molecule has 1 aliphatic heterocycles. The zero-order valence-electron chi connectivity index (χ0n) is 33.3. The minimum atomic E-state index is -0.605. The lowest BCUT2D eigenvalue weighted by atomic mass is 9.68. The van der Waals surface area contributed by atoms with Crippen LogP contribution in [0.4, 0.5) is 0 Å². The van der Waals surface area contributed by atoms with Crippen LogP contribution in [0, 0.1) is 11.3 Å². The first-order valence-corrected chi connectivity index (χ1v) is 20.1. The summed E-state index contributed by atoms with van der Waals surface area (Å²) in [6, 6.07) is 59.4. The second kappa shape index (κ2) is 12.0. The number of benzene rings is 7. The van der Waals surface area contributed by atoms with Crippen molar-refractivity contribution < 1.29 is 4.57 Å². The van der Waals surface area contributed by atoms with E-state index >= 15 is 0 Å². The molecule has 1 atom stereocenters. The molecule has 4 heteroatoms. The monoisotopic (exact) mass is 745 g/mol. The molecule has 8 aromatic rings. The normalized spacial score (nSPS) is 16.2. The molecule has 0 saturated heterocycles. The molecule has 3 aliphatic rings. The van der Waals surface area contributed by atoms with Crippen LogP contribution >= 0.6 is 0 Å². The predicted octanol–water partition coefficient (Wildman–Crippen LogP) is 12.0. The van der Waals surface area contributed by atoms with E-state index in [1.54, 1.807) is 0 Å². The second-order valence-corrected chi connectivity index (χ2v) is 17.6. The molecule has 276 valence electrons. The van der Waals surface area contributed by atoms with Crippen LogP contribution in [0.5, 0.6) is 0 Å². The van der Waals surface area contributed by atoms with Crippen molar-refractivity contribution in [2.45, 2.75) is 51.0 Å². The third-order valence-corrected chi connectivity index (χ3v) is 12.9. The summed E-state index contributed by atoms with van der Waals surface area (Å²) in [5, 5.41) is 9.73. The second-order valence-electron chi connectivity index (χ2n) is 17.6. The van der Waals surface area contributed by atoms with Gasteiger partial charge < -0.3 is 0 Å². The average Bonchev–Trinajstić information content (AvgIpc) is 3.72. The van der Waals surface area contributed by atoms with Crippen LogP contribution < -0.4 is 4.57 Å². The first-order chi connectivity index (χ1) is 28.1. The zero-order chi connectivity index (χ0) is 39.6. The van der Waals surface area contributed by atoms with Gasteiger partial charge in [0.25, 0.3) is 11.6 Å². The highest BCUT2D eigenvalue weighted by Gasteiger charge is 2.53. The van der Waals surface area contributed by atoms with E-state index in [4.69, 9.17) is 9.97 Å². The van der Waals surface area contributed by atoms with Gasteiger partial charge in [0.05, 0.1) is 33.7 Å². The van der Waals surface area contributed by atoms with E-state index in [2.05, 4.69) is 167 Å². The zero-order valence-corrected chi connectivity index (χ0v) is 33.3. The van der Waals surface area contributed by atoms with Crippen LogP contribution in [0.15, 0.2) is 158 Å². The topological polar surface area (TPSA) is 53.5 Å². The summed E-state index contributed by atoms with van der Waals surface area (Å²) in [4.78, 5) is 11.0. The Morgan fingerprint density at radius 2 is 1.07 bits per heavy atom. The molecule has 2 heterocycles. The first-order valence-electron chi connectivity index (χ1n) is 20.1. The minimum Gasteiger partial charge on any atom is -0.217 e. The average molecular weight is 746 g/mol. The van der Waals surface area contributed by atoms with Crippen LogP contribution in [-0.2, 0) is 16.4 Å². The molecule has 0 N–H and O–H groups in total. The Balaban J connectivity index is 1.27. The molecule has 0 fully saturated rings. The summed E-state index contributed by atoms with van der Waals surface area (Å²) in [5.41, 5.74) is 17.5. The van der Waals surface area contributed by atoms with E-state index in [1.807, 2.05) is 36.4 Å². The summed E-state index contributed by atoms with van der Waals surface area (Å²) in [5.74, 6) is 2.34. The van der Waals surface area contributed by atoms with Crippen LogP contribution in [0.1, 0.15) is 73.6 Å². The summed E-state index contributed by atoms with van der Waals surface area (Å²) >= 11 is 0. The van der Waals surface area contributed by atoms with Crippen molar-refractivity contribution in [3.63, 3.8) is 0 Å². The highest BCUT2D eigenvalue weighted by atomic mass is 15.2. The van der Waals surface area contributed by atoms with Crippen molar-refractivity contribution in [3.8, 4) is 73.6 Å². The minimum absolute atomic E-state index is 0.0149. The van der Waals surface area contributed by atoms with Crippen LogP contribution in [0.2, 0.25) is 0 Å². The van der Waals surface area contributed by atoms with Gasteiger partial charge in [-0.25, -0.2) is 4.57 Å². The van der Waals surface area contributed by atoms with Gasteiger partial charge in [-0.05, 0) is 141 Å². The maximum Gasteiger partial charge on any atom is 0.308 e. The van der Waals surface area contributed by atoms with Crippen molar-refractivity contribution in [3.05, 3.63) is 197 Å². The molecule has 0 amide bonds. The van der Waals surface area contributed by atoms with Gasteiger partial charge in [-0.15, -0.1) is 0 Å². The molecule has 0 saturated carbocycles. The van der Waals surface area contributed by atoms with E-state index in [0.717, 1.165) is 39.5 Å². The number of rotatable bonds is 3. The van der Waals surface area contributed by atoms with E-state index in [1.165, 1.54) is 55.6 Å². The Morgan fingerprint density at radius 3 is 1.81 bits per heavy atom. The number of nitrogens with zero attached hydrogens (tertiary/aromatic N) is 4. The fourth-order valence-corrected chi connectivity index (χ4v) is 9.96. The van der Waals surface area contributed by atoms with Gasteiger partial charge in [-0.2, -0.15) is 5.26 Å². The van der Waals surface area contributed by atoms with Gasteiger partial charge in [-0.3, -0.25) is 0 Å². The fraction of sp³-hybridized carbons (Fsp3) is 0.148. The van der Waals surface area contributed by atoms with Gasteiger partial charge in [0, 0.05) is 0 Å². The highest BCUT2D eigenvalue weighted by Crippen LogP contribution is 2.64. The van der Waals surface area contributed by atoms with Gasteiger partial charge in [0.2, 0.25) is 0 Å². The Kier molecular flexibility index (Phi) is 7.11. The number of hydrogen-bond donors (Lipinski definition) is 0. The maximum absolute atomic E-state index is 9.73. The Morgan fingerprint density at radius 1 is 0.500 bits per heavy atom. The number of aromatic nitrogens is 3. The van der Waals surface area contributed by atoms with E-state index in [-0.39, 0.29) is 5.41 Å². The van der Waals surface area contributed by atoms with E-state index in [0.29, 0.717) is 11.4 Å². The van der Waals surface area contributed by atoms with Gasteiger partial charge >= 0.3 is 5.82 Å². The van der Waals surface area contributed by atoms with E-state index < -0.39 is 11.0 Å². The van der Waals surface area contributed by atoms with Crippen LogP contribution in [0.3, 0.4) is 0 Å². The lowest BCUT2D eigenvalue weighted by Crippen LogP contribution is -2.57. The number of nitriles is 1. The van der Waals surface area contributed by atoms with Crippen molar-refractivity contribution in [2.75, 3.05) is 0 Å². The Hall–Kier alpha value is -6.96. The predicted molar refractivity (Wildman–Crippen MR) is 232 cm³/mol. The summed E-state index contributed by atoms with van der Waals surface area (Å²) in [6.45, 7) is 11.5. The largest absolute Gasteiger partial charge is 0.308 e. The summed E-state index contributed by atoms with van der Waals surface area (Å²) < 4.78 is 2.36. The molecule has 4 bridgehead atoms. The molecule has 1 aromatic heterocycles. The molecule has 2 aliphatic carbocycles. The summed E-state index contributed by atoms with van der Waals surface area (Å²) in [7, 11) is 0. The van der Waals surface area contributed by atoms with Crippen molar-refractivity contribution in [1.82, 2.24) is 9.97 Å². The van der Waals surface area contributed by atoms with E-state index in [9.17, 15) is 5.26 Å². The molecule has 1 unspecified atom stereocenters. The summed E-state index contributed by atoms with van der Waals surface area (Å²) in [6.07, 6.45) is 0. The van der Waals surface area contributed by atoms with Crippen molar-refractivity contribution in [2.24, 2.45) is 0 Å². The fourth-order valence-electron chi connectivity index (χ4n) is 9.96. The molecule has 58 heavy (non-hydrogen) atoms. The quantitative estimate of drug-likeness (QED) is 0.169. The lowest BCUT2D eigenvalue weighted by molar-refractivity contribution is -0.731. The highest BCUT2D eigenvalue weighted by molar-refractivity contribution is 5.96. The third kappa shape index (κ3) is 4.71. The molecule has 11 rings (SSSR count). The smallest absolute Gasteiger partial charge is 0.217 e.